The van der Waals surface area contributed by atoms with Gasteiger partial charge in [-0.25, -0.2) is 0 Å². The smallest absolute Gasteiger partial charge is 0.167 e. The lowest BCUT2D eigenvalue weighted by Crippen LogP contribution is -1.98. The Morgan fingerprint density at radius 3 is 2.53 bits per heavy atom. The fourth-order valence-electron chi connectivity index (χ4n) is 1.63. The number of benzene rings is 2. The molecule has 0 amide bonds. The van der Waals surface area contributed by atoms with Crippen LogP contribution >= 0.6 is 31.9 Å². The highest BCUT2D eigenvalue weighted by Crippen LogP contribution is 2.36. The Labute approximate surface area is 127 Å². The molecule has 0 aliphatic carbocycles. The molecule has 2 aromatic carbocycles. The van der Waals surface area contributed by atoms with Gasteiger partial charge in [-0.2, -0.15) is 0 Å². The third-order valence-corrected chi connectivity index (χ3v) is 3.58. The van der Waals surface area contributed by atoms with Crippen LogP contribution < -0.4 is 4.74 Å². The van der Waals surface area contributed by atoms with E-state index in [4.69, 9.17) is 4.74 Å². The van der Waals surface area contributed by atoms with Crippen LogP contribution in [-0.2, 0) is 0 Å². The second-order valence-electron chi connectivity index (χ2n) is 3.88. The molecule has 1 N–H and O–H groups in total. The number of hydrogen-bond acceptors (Lipinski definition) is 3. The number of ketones is 1. The van der Waals surface area contributed by atoms with Crippen molar-refractivity contribution in [3.05, 3.63) is 50.9 Å². The van der Waals surface area contributed by atoms with Crippen LogP contribution in [0.2, 0.25) is 0 Å². The molecule has 2 aromatic rings. The van der Waals surface area contributed by atoms with E-state index in [-0.39, 0.29) is 17.1 Å². The van der Waals surface area contributed by atoms with Crippen molar-refractivity contribution >= 4 is 37.6 Å². The quantitative estimate of drug-likeness (QED) is 0.763. The summed E-state index contributed by atoms with van der Waals surface area (Å²) in [6, 6.07) is 10.2. The van der Waals surface area contributed by atoms with E-state index in [1.807, 2.05) is 12.1 Å². The minimum absolute atomic E-state index is 0.0850. The average molecular weight is 386 g/mol. The van der Waals surface area contributed by atoms with Crippen LogP contribution in [-0.4, -0.2) is 10.9 Å². The molecule has 0 unspecified atom stereocenters. The third-order valence-electron chi connectivity index (χ3n) is 2.47. The molecular weight excluding hydrogens is 376 g/mol. The molecule has 0 spiro atoms. The molecule has 98 valence electrons. The first-order valence-electron chi connectivity index (χ1n) is 5.45. The van der Waals surface area contributed by atoms with Crippen molar-refractivity contribution in [3.8, 4) is 17.2 Å². The standard InChI is InChI=1S/C14H10Br2O3/c1-8(17)14-11(18)3-2-4-13(14)19-12-6-5-9(15)7-10(12)16/h2-7,18H,1H3. The van der Waals surface area contributed by atoms with Crippen LogP contribution in [0.3, 0.4) is 0 Å². The zero-order valence-electron chi connectivity index (χ0n) is 9.98. The third kappa shape index (κ3) is 3.16. The summed E-state index contributed by atoms with van der Waals surface area (Å²) < 4.78 is 7.35. The molecule has 0 heterocycles. The van der Waals surface area contributed by atoms with Gasteiger partial charge in [0.05, 0.1) is 4.47 Å². The molecule has 5 heteroatoms. The largest absolute Gasteiger partial charge is 0.507 e. The molecule has 2 rings (SSSR count). The van der Waals surface area contributed by atoms with Crippen molar-refractivity contribution in [1.82, 2.24) is 0 Å². The summed E-state index contributed by atoms with van der Waals surface area (Å²) >= 11 is 6.73. The number of phenols is 1. The topological polar surface area (TPSA) is 46.5 Å². The van der Waals surface area contributed by atoms with Gasteiger partial charge in [-0.1, -0.05) is 22.0 Å². The number of ether oxygens (including phenoxy) is 1. The predicted octanol–water partition coefficient (Wildman–Crippen LogP) is 4.91. The fourth-order valence-corrected chi connectivity index (χ4v) is 2.76. The van der Waals surface area contributed by atoms with Crippen molar-refractivity contribution in [3.63, 3.8) is 0 Å². The normalized spacial score (nSPS) is 10.3. The lowest BCUT2D eigenvalue weighted by molar-refractivity contribution is 0.101. The van der Waals surface area contributed by atoms with Gasteiger partial charge in [0.2, 0.25) is 0 Å². The van der Waals surface area contributed by atoms with E-state index in [1.165, 1.54) is 13.0 Å². The van der Waals surface area contributed by atoms with E-state index in [9.17, 15) is 9.90 Å². The summed E-state index contributed by atoms with van der Waals surface area (Å²) in [5, 5.41) is 9.73. The number of aromatic hydroxyl groups is 1. The summed E-state index contributed by atoms with van der Waals surface area (Å²) in [7, 11) is 0. The molecule has 3 nitrogen and oxygen atoms in total. The van der Waals surface area contributed by atoms with Gasteiger partial charge in [0.15, 0.2) is 5.78 Å². The Bertz CT molecular complexity index is 639. The zero-order valence-corrected chi connectivity index (χ0v) is 13.2. The van der Waals surface area contributed by atoms with Gasteiger partial charge in [-0.3, -0.25) is 4.79 Å². The molecule has 0 saturated carbocycles. The Hall–Kier alpha value is -1.33. The van der Waals surface area contributed by atoms with Crippen LogP contribution in [0.5, 0.6) is 17.2 Å². The lowest BCUT2D eigenvalue weighted by Gasteiger charge is -2.12. The molecule has 0 saturated heterocycles. The van der Waals surface area contributed by atoms with Gasteiger partial charge in [0.1, 0.15) is 22.8 Å². The highest BCUT2D eigenvalue weighted by molar-refractivity contribution is 9.11. The molecule has 0 aliphatic rings. The number of carbonyl (C=O) groups is 1. The number of hydrogen-bond donors (Lipinski definition) is 1. The van der Waals surface area contributed by atoms with Gasteiger partial charge in [0.25, 0.3) is 0 Å². The van der Waals surface area contributed by atoms with Crippen LogP contribution in [0.4, 0.5) is 0 Å². The average Bonchev–Trinajstić information content (AvgIpc) is 2.32. The van der Waals surface area contributed by atoms with Crippen LogP contribution in [0.25, 0.3) is 0 Å². The Morgan fingerprint density at radius 1 is 1.16 bits per heavy atom. The van der Waals surface area contributed by atoms with E-state index < -0.39 is 0 Å². The fraction of sp³-hybridized carbons (Fsp3) is 0.0714. The molecule has 0 atom stereocenters. The molecule has 0 aliphatic heterocycles. The Kier molecular flexibility index (Phi) is 4.27. The molecular formula is C14H10Br2O3. The number of phenolic OH excluding ortho intramolecular Hbond substituents is 1. The highest BCUT2D eigenvalue weighted by atomic mass is 79.9. The maximum Gasteiger partial charge on any atom is 0.167 e. The first kappa shape index (κ1) is 14.1. The van der Waals surface area contributed by atoms with Crippen LogP contribution in [0.15, 0.2) is 45.3 Å². The van der Waals surface area contributed by atoms with E-state index in [2.05, 4.69) is 31.9 Å². The van der Waals surface area contributed by atoms with Gasteiger partial charge < -0.3 is 9.84 Å². The Balaban J connectivity index is 2.44. The van der Waals surface area contributed by atoms with Gasteiger partial charge in [-0.15, -0.1) is 0 Å². The lowest BCUT2D eigenvalue weighted by atomic mass is 10.1. The van der Waals surface area contributed by atoms with Crippen LogP contribution in [0, 0.1) is 0 Å². The summed E-state index contributed by atoms with van der Waals surface area (Å²) in [6.45, 7) is 1.39. The monoisotopic (exact) mass is 384 g/mol. The number of halogens is 2. The van der Waals surface area contributed by atoms with Crippen molar-refractivity contribution in [2.24, 2.45) is 0 Å². The Morgan fingerprint density at radius 2 is 1.89 bits per heavy atom. The predicted molar refractivity (Wildman–Crippen MR) is 80.0 cm³/mol. The number of carbonyl (C=O) groups excluding carboxylic acids is 1. The minimum Gasteiger partial charge on any atom is -0.507 e. The van der Waals surface area contributed by atoms with Gasteiger partial charge in [0, 0.05) is 4.47 Å². The van der Waals surface area contributed by atoms with Gasteiger partial charge in [-0.05, 0) is 53.2 Å². The second-order valence-corrected chi connectivity index (χ2v) is 5.65. The maximum absolute atomic E-state index is 11.6. The van der Waals surface area contributed by atoms with E-state index in [0.717, 1.165) is 8.95 Å². The van der Waals surface area contributed by atoms with E-state index in [1.54, 1.807) is 18.2 Å². The molecule has 0 fully saturated rings. The zero-order chi connectivity index (χ0) is 14.0. The summed E-state index contributed by atoms with van der Waals surface area (Å²) in [5.74, 6) is 0.561. The van der Waals surface area contributed by atoms with Crippen molar-refractivity contribution in [1.29, 1.82) is 0 Å². The SMILES string of the molecule is CC(=O)c1c(O)cccc1Oc1ccc(Br)cc1Br. The van der Waals surface area contributed by atoms with Gasteiger partial charge >= 0.3 is 0 Å². The first-order valence-corrected chi connectivity index (χ1v) is 7.03. The summed E-state index contributed by atoms with van der Waals surface area (Å²) in [5.41, 5.74) is 0.178. The summed E-state index contributed by atoms with van der Waals surface area (Å²) in [4.78, 5) is 11.6. The molecule has 19 heavy (non-hydrogen) atoms. The molecule has 0 bridgehead atoms. The van der Waals surface area contributed by atoms with E-state index in [0.29, 0.717) is 11.5 Å². The highest BCUT2D eigenvalue weighted by Gasteiger charge is 2.15. The summed E-state index contributed by atoms with van der Waals surface area (Å²) in [6.07, 6.45) is 0. The number of rotatable bonds is 3. The minimum atomic E-state index is -0.249. The number of Topliss-reactive ketones (excluding diaryl/α,β-unsaturated/α-hetero) is 1. The van der Waals surface area contributed by atoms with Crippen molar-refractivity contribution in [2.75, 3.05) is 0 Å². The van der Waals surface area contributed by atoms with Crippen molar-refractivity contribution in [2.45, 2.75) is 6.92 Å². The second kappa shape index (κ2) is 5.75. The van der Waals surface area contributed by atoms with E-state index >= 15 is 0 Å². The first-order chi connectivity index (χ1) is 8.99. The van der Waals surface area contributed by atoms with Crippen molar-refractivity contribution < 1.29 is 14.6 Å². The maximum atomic E-state index is 11.6. The molecule has 0 aromatic heterocycles. The van der Waals surface area contributed by atoms with Crippen LogP contribution in [0.1, 0.15) is 17.3 Å². The molecule has 0 radical (unpaired) electrons.